The van der Waals surface area contributed by atoms with Crippen LogP contribution in [-0.4, -0.2) is 11.8 Å². The van der Waals surface area contributed by atoms with Crippen molar-refractivity contribution in [2.24, 2.45) is 10.4 Å². The lowest BCUT2D eigenvalue weighted by molar-refractivity contribution is 0.645. The van der Waals surface area contributed by atoms with Crippen molar-refractivity contribution in [3.05, 3.63) is 36.0 Å². The smallest absolute Gasteiger partial charge is 0.0931 e. The van der Waals surface area contributed by atoms with Crippen LogP contribution in [-0.2, 0) is 0 Å². The lowest BCUT2D eigenvalue weighted by Crippen LogP contribution is -2.20. The summed E-state index contributed by atoms with van der Waals surface area (Å²) in [7, 11) is 0. The van der Waals surface area contributed by atoms with Gasteiger partial charge in [0.25, 0.3) is 0 Å². The average molecular weight is 157 g/mol. The second-order valence-corrected chi connectivity index (χ2v) is 3.92. The van der Waals surface area contributed by atoms with Crippen molar-refractivity contribution in [3.63, 3.8) is 0 Å². The first-order valence-electron chi connectivity index (χ1n) is 4.39. The molecule has 1 aliphatic heterocycles. The van der Waals surface area contributed by atoms with Gasteiger partial charge >= 0.3 is 0 Å². The van der Waals surface area contributed by atoms with Gasteiger partial charge in [-0.05, 0) is 19.4 Å². The fourth-order valence-corrected chi connectivity index (χ4v) is 2.47. The minimum absolute atomic E-state index is 0.126. The number of rotatable bonds is 0. The molecule has 12 heavy (non-hydrogen) atoms. The van der Waals surface area contributed by atoms with E-state index in [-0.39, 0.29) is 11.0 Å². The maximum Gasteiger partial charge on any atom is 0.0931 e. The van der Waals surface area contributed by atoms with Crippen LogP contribution in [0, 0.1) is 5.41 Å². The molecule has 1 heterocycles. The zero-order valence-electron chi connectivity index (χ0n) is 7.12. The number of allylic oxidation sites excluding steroid dienone is 3. The molecule has 3 aliphatic rings. The molecule has 2 aliphatic carbocycles. The standard InChI is InChI=1S/C11H11N/c1-9-4-7-12-11-6-3-2-5-10(9,11)8-11/h2-7H,8H2,1H3. The van der Waals surface area contributed by atoms with E-state index < -0.39 is 0 Å². The Morgan fingerprint density at radius 1 is 1.33 bits per heavy atom. The topological polar surface area (TPSA) is 12.4 Å². The third-order valence-corrected chi connectivity index (χ3v) is 3.39. The van der Waals surface area contributed by atoms with E-state index >= 15 is 0 Å². The normalized spacial score (nSPS) is 46.6. The molecule has 0 saturated heterocycles. The molecule has 0 bridgehead atoms. The second-order valence-electron chi connectivity index (χ2n) is 3.92. The Bertz CT molecular complexity index is 359. The van der Waals surface area contributed by atoms with Crippen LogP contribution in [0.1, 0.15) is 13.3 Å². The SMILES string of the molecule is CC1=CC=NC23C=CC=CC12C3. The third-order valence-electron chi connectivity index (χ3n) is 3.39. The van der Waals surface area contributed by atoms with Gasteiger partial charge < -0.3 is 0 Å². The monoisotopic (exact) mass is 157 g/mol. The van der Waals surface area contributed by atoms with Gasteiger partial charge in [0, 0.05) is 11.6 Å². The van der Waals surface area contributed by atoms with Crippen molar-refractivity contribution in [3.8, 4) is 0 Å². The molecule has 0 radical (unpaired) electrons. The lowest BCUT2D eigenvalue weighted by Gasteiger charge is -2.22. The van der Waals surface area contributed by atoms with Crippen LogP contribution in [0.3, 0.4) is 0 Å². The van der Waals surface area contributed by atoms with Crippen LogP contribution in [0.4, 0.5) is 0 Å². The van der Waals surface area contributed by atoms with E-state index in [0.717, 1.165) is 0 Å². The molecule has 1 saturated carbocycles. The summed E-state index contributed by atoms with van der Waals surface area (Å²) < 4.78 is 0. The van der Waals surface area contributed by atoms with Crippen molar-refractivity contribution in [2.75, 3.05) is 0 Å². The van der Waals surface area contributed by atoms with Crippen molar-refractivity contribution in [1.82, 2.24) is 0 Å². The molecular weight excluding hydrogens is 146 g/mol. The highest BCUT2D eigenvalue weighted by Crippen LogP contribution is 2.67. The number of dihydropyridines is 1. The summed E-state index contributed by atoms with van der Waals surface area (Å²) in [6.45, 7) is 2.20. The van der Waals surface area contributed by atoms with Crippen molar-refractivity contribution >= 4 is 6.21 Å². The predicted molar refractivity (Wildman–Crippen MR) is 50.3 cm³/mol. The maximum absolute atomic E-state index is 4.56. The summed E-state index contributed by atoms with van der Waals surface area (Å²) in [6, 6.07) is 0. The molecule has 0 spiro atoms. The molecule has 1 nitrogen and oxygen atoms in total. The average Bonchev–Trinajstić information content (AvgIpc) is 2.75. The van der Waals surface area contributed by atoms with E-state index in [1.54, 1.807) is 0 Å². The Morgan fingerprint density at radius 3 is 3.00 bits per heavy atom. The zero-order valence-corrected chi connectivity index (χ0v) is 7.12. The van der Waals surface area contributed by atoms with Crippen LogP contribution in [0.5, 0.6) is 0 Å². The van der Waals surface area contributed by atoms with Gasteiger partial charge in [0.05, 0.1) is 5.54 Å². The summed E-state index contributed by atoms with van der Waals surface area (Å²) in [5.41, 5.74) is 1.86. The molecule has 0 N–H and O–H groups in total. The van der Waals surface area contributed by atoms with Gasteiger partial charge in [0.15, 0.2) is 0 Å². The summed E-state index contributed by atoms with van der Waals surface area (Å²) in [5, 5.41) is 0. The Kier molecular flexibility index (Phi) is 0.871. The van der Waals surface area contributed by atoms with Crippen LogP contribution in [0.15, 0.2) is 40.9 Å². The third kappa shape index (κ3) is 0.482. The van der Waals surface area contributed by atoms with Crippen LogP contribution >= 0.6 is 0 Å². The lowest BCUT2D eigenvalue weighted by atomic mass is 9.87. The molecule has 2 unspecified atom stereocenters. The van der Waals surface area contributed by atoms with Crippen LogP contribution < -0.4 is 0 Å². The van der Waals surface area contributed by atoms with Crippen molar-refractivity contribution in [1.29, 1.82) is 0 Å². The minimum atomic E-state index is 0.126. The molecule has 60 valence electrons. The molecule has 3 rings (SSSR count). The fourth-order valence-electron chi connectivity index (χ4n) is 2.47. The Balaban J connectivity index is 2.21. The van der Waals surface area contributed by atoms with Crippen LogP contribution in [0.2, 0.25) is 0 Å². The van der Waals surface area contributed by atoms with Gasteiger partial charge in [-0.15, -0.1) is 0 Å². The number of hydrogen-bond donors (Lipinski definition) is 0. The van der Waals surface area contributed by atoms with Gasteiger partial charge in [-0.1, -0.05) is 29.9 Å². The first-order valence-corrected chi connectivity index (χ1v) is 4.39. The van der Waals surface area contributed by atoms with Crippen LogP contribution in [0.25, 0.3) is 0 Å². The Labute approximate surface area is 72.2 Å². The highest BCUT2D eigenvalue weighted by molar-refractivity contribution is 5.78. The van der Waals surface area contributed by atoms with E-state index in [9.17, 15) is 0 Å². The minimum Gasteiger partial charge on any atom is -0.281 e. The van der Waals surface area contributed by atoms with Crippen molar-refractivity contribution in [2.45, 2.75) is 18.9 Å². The van der Waals surface area contributed by atoms with E-state index in [2.05, 4.69) is 42.3 Å². The van der Waals surface area contributed by atoms with E-state index in [0.29, 0.717) is 0 Å². The molecule has 2 atom stereocenters. The molecular formula is C11H11N. The Morgan fingerprint density at radius 2 is 2.17 bits per heavy atom. The highest BCUT2D eigenvalue weighted by Gasteiger charge is 2.66. The summed E-state index contributed by atoms with van der Waals surface area (Å²) >= 11 is 0. The second kappa shape index (κ2) is 1.63. The van der Waals surface area contributed by atoms with Gasteiger partial charge in [0.2, 0.25) is 0 Å². The molecule has 0 aromatic heterocycles. The van der Waals surface area contributed by atoms with Crippen molar-refractivity contribution < 1.29 is 0 Å². The molecule has 1 heteroatoms. The van der Waals surface area contributed by atoms with E-state index in [1.165, 1.54) is 12.0 Å². The quantitative estimate of drug-likeness (QED) is 0.511. The Hall–Kier alpha value is -1.11. The largest absolute Gasteiger partial charge is 0.281 e. The number of hydrogen-bond acceptors (Lipinski definition) is 1. The summed E-state index contributed by atoms with van der Waals surface area (Å²) in [6.07, 6.45) is 14.0. The number of nitrogens with zero attached hydrogens (tertiary/aromatic N) is 1. The summed E-state index contributed by atoms with van der Waals surface area (Å²) in [4.78, 5) is 4.56. The maximum atomic E-state index is 4.56. The predicted octanol–water partition coefficient (Wildman–Crippen LogP) is 2.27. The van der Waals surface area contributed by atoms with E-state index in [1.807, 2.05) is 6.21 Å². The first-order chi connectivity index (χ1) is 5.79. The molecule has 0 aromatic carbocycles. The molecule has 0 aromatic rings. The number of aliphatic imine (C=N–C) groups is 1. The van der Waals surface area contributed by atoms with Gasteiger partial charge in [0.1, 0.15) is 0 Å². The van der Waals surface area contributed by atoms with Gasteiger partial charge in [-0.3, -0.25) is 4.99 Å². The van der Waals surface area contributed by atoms with Gasteiger partial charge in [-0.25, -0.2) is 0 Å². The van der Waals surface area contributed by atoms with E-state index in [4.69, 9.17) is 0 Å². The first kappa shape index (κ1) is 6.41. The van der Waals surface area contributed by atoms with Gasteiger partial charge in [-0.2, -0.15) is 0 Å². The molecule has 1 fully saturated rings. The zero-order chi connectivity index (χ0) is 8.23. The highest BCUT2D eigenvalue weighted by atomic mass is 15.0. The fraction of sp³-hybridized carbons (Fsp3) is 0.364. The summed E-state index contributed by atoms with van der Waals surface area (Å²) in [5.74, 6) is 0. The molecule has 0 amide bonds.